The van der Waals surface area contributed by atoms with Gasteiger partial charge in [0, 0.05) is 29.7 Å². The lowest BCUT2D eigenvalue weighted by Crippen LogP contribution is -2.59. The average molecular weight is 362 g/mol. The van der Waals surface area contributed by atoms with E-state index in [4.69, 9.17) is 5.73 Å². The van der Waals surface area contributed by atoms with E-state index in [1.165, 1.54) is 5.56 Å². The van der Waals surface area contributed by atoms with Gasteiger partial charge in [-0.15, -0.1) is 0 Å². The number of hydrogen-bond donors (Lipinski definition) is 1. The van der Waals surface area contributed by atoms with Crippen molar-refractivity contribution in [2.24, 2.45) is 11.8 Å². The minimum absolute atomic E-state index is 0.00915. The fourth-order valence-electron chi connectivity index (χ4n) is 6.32. The van der Waals surface area contributed by atoms with Crippen LogP contribution in [0.3, 0.4) is 0 Å². The van der Waals surface area contributed by atoms with E-state index in [9.17, 15) is 14.9 Å². The quantitative estimate of drug-likeness (QED) is 0.505. The summed E-state index contributed by atoms with van der Waals surface area (Å²) < 4.78 is 0. The van der Waals surface area contributed by atoms with E-state index in [1.807, 2.05) is 24.3 Å². The van der Waals surface area contributed by atoms with Crippen molar-refractivity contribution in [2.45, 2.75) is 42.9 Å². The molecule has 4 bridgehead atoms. The maximum absolute atomic E-state index is 12.8. The lowest BCUT2D eigenvalue weighted by atomic mass is 9.41. The van der Waals surface area contributed by atoms with Crippen LogP contribution in [-0.4, -0.2) is 10.7 Å². The molecule has 0 radical (unpaired) electrons. The van der Waals surface area contributed by atoms with Gasteiger partial charge in [0.15, 0.2) is 0 Å². The van der Waals surface area contributed by atoms with Gasteiger partial charge in [0.1, 0.15) is 5.78 Å². The lowest BCUT2D eigenvalue weighted by Gasteiger charge is -2.61. The third-order valence-electron chi connectivity index (χ3n) is 7.24. The Morgan fingerprint density at radius 2 is 1.30 bits per heavy atom. The topological polar surface area (TPSA) is 86.2 Å². The molecular formula is C22H22N2O3. The fourth-order valence-corrected chi connectivity index (χ4v) is 6.32. The van der Waals surface area contributed by atoms with Gasteiger partial charge in [-0.3, -0.25) is 14.9 Å². The molecule has 0 heterocycles. The number of nitrogens with two attached hydrogens (primary N) is 1. The first-order valence-corrected chi connectivity index (χ1v) is 9.56. The summed E-state index contributed by atoms with van der Waals surface area (Å²) in [5.74, 6) is 0.622. The predicted molar refractivity (Wildman–Crippen MR) is 102 cm³/mol. The van der Waals surface area contributed by atoms with Crippen LogP contribution >= 0.6 is 0 Å². The molecule has 6 rings (SSSR count). The Hall–Kier alpha value is -2.69. The molecule has 0 saturated heterocycles. The van der Waals surface area contributed by atoms with E-state index in [1.54, 1.807) is 12.1 Å². The molecule has 5 nitrogen and oxygen atoms in total. The molecule has 4 aliphatic rings. The Bertz CT molecular complexity index is 915. The summed E-state index contributed by atoms with van der Waals surface area (Å²) >= 11 is 0. The van der Waals surface area contributed by atoms with Crippen LogP contribution in [0.2, 0.25) is 0 Å². The van der Waals surface area contributed by atoms with Crippen molar-refractivity contribution in [1.29, 1.82) is 0 Å². The first-order chi connectivity index (χ1) is 12.9. The summed E-state index contributed by atoms with van der Waals surface area (Å²) in [5, 5.41) is 11.0. The number of nitro benzene ring substituents is 1. The molecule has 0 spiro atoms. The Balaban J connectivity index is 1.59. The molecule has 4 aliphatic carbocycles. The van der Waals surface area contributed by atoms with Crippen LogP contribution in [0, 0.1) is 22.0 Å². The van der Waals surface area contributed by atoms with E-state index in [0.717, 1.165) is 43.4 Å². The molecule has 2 aromatic rings. The smallest absolute Gasteiger partial charge is 0.269 e. The highest BCUT2D eigenvalue weighted by molar-refractivity contribution is 5.87. The van der Waals surface area contributed by atoms with Crippen molar-refractivity contribution in [3.63, 3.8) is 0 Å². The van der Waals surface area contributed by atoms with E-state index in [2.05, 4.69) is 12.1 Å². The van der Waals surface area contributed by atoms with Gasteiger partial charge >= 0.3 is 0 Å². The molecule has 0 amide bonds. The molecule has 0 aliphatic heterocycles. The van der Waals surface area contributed by atoms with Crippen LogP contribution in [0.5, 0.6) is 0 Å². The molecule has 2 unspecified atom stereocenters. The van der Waals surface area contributed by atoms with Crippen LogP contribution in [0.4, 0.5) is 11.4 Å². The van der Waals surface area contributed by atoms with Gasteiger partial charge in [0.2, 0.25) is 0 Å². The summed E-state index contributed by atoms with van der Waals surface area (Å²) in [6.07, 6.45) is 4.58. The van der Waals surface area contributed by atoms with Crippen molar-refractivity contribution in [2.75, 3.05) is 5.73 Å². The van der Waals surface area contributed by atoms with Gasteiger partial charge in [-0.25, -0.2) is 0 Å². The standard InChI is InChI=1S/C22H22N2O3/c23-18-5-1-16(2-6-18)21-9-14-11-22(13-21,12-15(10-21)20(14)25)17-3-7-19(8-4-17)24(26)27/h1-8,14-15H,9-13,23H2/t14-,15+,21?,22?. The fraction of sp³-hybridized carbons (Fsp3) is 0.409. The summed E-state index contributed by atoms with van der Waals surface area (Å²) in [6, 6.07) is 15.2. The molecule has 138 valence electrons. The second-order valence-electron chi connectivity index (χ2n) is 8.78. The summed E-state index contributed by atoms with van der Waals surface area (Å²) in [5.41, 5.74) is 9.14. The minimum atomic E-state index is -0.358. The number of rotatable bonds is 3. The van der Waals surface area contributed by atoms with Crippen molar-refractivity contribution in [3.8, 4) is 0 Å². The number of non-ortho nitro benzene ring substituents is 1. The number of nitro groups is 1. The monoisotopic (exact) mass is 362 g/mol. The Labute approximate surface area is 157 Å². The minimum Gasteiger partial charge on any atom is -0.399 e. The zero-order valence-electron chi connectivity index (χ0n) is 15.1. The molecule has 2 N–H and O–H groups in total. The Morgan fingerprint density at radius 1 is 0.852 bits per heavy atom. The number of hydrogen-bond acceptors (Lipinski definition) is 4. The van der Waals surface area contributed by atoms with Gasteiger partial charge in [0.05, 0.1) is 4.92 Å². The highest BCUT2D eigenvalue weighted by atomic mass is 16.6. The summed E-state index contributed by atoms with van der Waals surface area (Å²) in [4.78, 5) is 23.5. The van der Waals surface area contributed by atoms with E-state index >= 15 is 0 Å². The molecule has 4 fully saturated rings. The average Bonchev–Trinajstić information content (AvgIpc) is 2.66. The molecule has 4 atom stereocenters. The number of benzene rings is 2. The number of Topliss-reactive ketones (excluding diaryl/α,β-unsaturated/α-hetero) is 1. The van der Waals surface area contributed by atoms with Gasteiger partial charge in [-0.2, -0.15) is 0 Å². The molecule has 5 heteroatoms. The van der Waals surface area contributed by atoms with Gasteiger partial charge in [0.25, 0.3) is 5.69 Å². The molecular weight excluding hydrogens is 340 g/mol. The van der Waals surface area contributed by atoms with Gasteiger partial charge in [-0.05, 0) is 66.2 Å². The SMILES string of the molecule is Nc1ccc(C23C[C@@H]4CC(c5ccc([N+](=O)[O-])cc5)(C[C@H](C2)C4=O)C3)cc1. The van der Waals surface area contributed by atoms with Crippen LogP contribution in [0.1, 0.15) is 43.2 Å². The zero-order chi connectivity index (χ0) is 18.8. The molecule has 2 aromatic carbocycles. The highest BCUT2D eigenvalue weighted by Crippen LogP contribution is 2.65. The Morgan fingerprint density at radius 3 is 1.74 bits per heavy atom. The first-order valence-electron chi connectivity index (χ1n) is 9.56. The molecule has 0 aromatic heterocycles. The number of carbonyl (C=O) groups excluding carboxylic acids is 1. The second-order valence-corrected chi connectivity index (χ2v) is 8.78. The van der Waals surface area contributed by atoms with E-state index < -0.39 is 0 Å². The van der Waals surface area contributed by atoms with Gasteiger partial charge in [-0.1, -0.05) is 24.3 Å². The summed E-state index contributed by atoms with van der Waals surface area (Å²) in [6.45, 7) is 0. The largest absolute Gasteiger partial charge is 0.399 e. The van der Waals surface area contributed by atoms with Crippen molar-refractivity contribution >= 4 is 17.2 Å². The number of carbonyl (C=O) groups is 1. The predicted octanol–water partition coefficient (Wildman–Crippen LogP) is 4.15. The first kappa shape index (κ1) is 16.5. The molecule has 4 saturated carbocycles. The normalized spacial score (nSPS) is 34.0. The summed E-state index contributed by atoms with van der Waals surface area (Å²) in [7, 11) is 0. The van der Waals surface area contributed by atoms with Crippen molar-refractivity contribution < 1.29 is 9.72 Å². The third-order valence-corrected chi connectivity index (χ3v) is 7.24. The molecule has 27 heavy (non-hydrogen) atoms. The number of nitrogens with zero attached hydrogens (tertiary/aromatic N) is 1. The maximum atomic E-state index is 12.8. The van der Waals surface area contributed by atoms with E-state index in [0.29, 0.717) is 5.78 Å². The lowest BCUT2D eigenvalue weighted by molar-refractivity contribution is -0.384. The number of nitrogen functional groups attached to an aromatic ring is 1. The van der Waals surface area contributed by atoms with Crippen molar-refractivity contribution in [3.05, 3.63) is 69.8 Å². The second kappa shape index (κ2) is 5.41. The zero-order valence-corrected chi connectivity index (χ0v) is 15.1. The van der Waals surface area contributed by atoms with Gasteiger partial charge < -0.3 is 5.73 Å². The third kappa shape index (κ3) is 2.34. The van der Waals surface area contributed by atoms with Crippen LogP contribution in [0.25, 0.3) is 0 Å². The maximum Gasteiger partial charge on any atom is 0.269 e. The van der Waals surface area contributed by atoms with Crippen LogP contribution in [0.15, 0.2) is 48.5 Å². The van der Waals surface area contributed by atoms with E-state index in [-0.39, 0.29) is 33.3 Å². The van der Waals surface area contributed by atoms with Crippen molar-refractivity contribution in [1.82, 2.24) is 0 Å². The van der Waals surface area contributed by atoms with Crippen LogP contribution in [-0.2, 0) is 15.6 Å². The number of anilines is 1. The van der Waals surface area contributed by atoms with Crippen LogP contribution < -0.4 is 5.73 Å². The highest BCUT2D eigenvalue weighted by Gasteiger charge is 2.61. The number of ketones is 1. The Kier molecular flexibility index (Phi) is 3.30.